The number of hydrogen-bond acceptors (Lipinski definition) is 7. The van der Waals surface area contributed by atoms with Gasteiger partial charge in [0.25, 0.3) is 5.91 Å². The number of nitrogens with two attached hydrogens (primary N) is 1. The summed E-state index contributed by atoms with van der Waals surface area (Å²) in [7, 11) is 0. The molecule has 43 heavy (non-hydrogen) atoms. The number of urea groups is 1. The molecule has 5 amide bonds. The number of halogens is 2. The monoisotopic (exact) mass is 645 g/mol. The molecule has 1 heterocycles. The predicted molar refractivity (Wildman–Crippen MR) is 160 cm³/mol. The number of fused-ring (bicyclic) bond motifs is 1. The Morgan fingerprint density at radius 3 is 1.93 bits per heavy atom. The smallest absolute Gasteiger partial charge is 0.329 e. The predicted octanol–water partition coefficient (Wildman–Crippen LogP) is 2.04. The van der Waals surface area contributed by atoms with Crippen molar-refractivity contribution < 1.29 is 33.5 Å². The van der Waals surface area contributed by atoms with Crippen LogP contribution in [0.25, 0.3) is 0 Å². The first-order chi connectivity index (χ1) is 19.6. The first-order valence-electron chi connectivity index (χ1n) is 14.7. The first kappa shape index (κ1) is 34.9. The average molecular weight is 647 g/mol. The second-order valence-corrected chi connectivity index (χ2v) is 15.9. The fourth-order valence-electron chi connectivity index (χ4n) is 5.53. The fourth-order valence-corrected chi connectivity index (χ4v) is 6.35. The molecular formula is C29H45Cl2N5O7. The van der Waals surface area contributed by atoms with Crippen LogP contribution in [0.3, 0.4) is 0 Å². The normalized spacial score (nSPS) is 24.7. The Labute approximate surface area is 262 Å². The minimum absolute atomic E-state index is 0.0485. The molecule has 0 spiro atoms. The van der Waals surface area contributed by atoms with Crippen molar-refractivity contribution in [1.29, 1.82) is 0 Å². The van der Waals surface area contributed by atoms with Gasteiger partial charge < -0.3 is 31.3 Å². The van der Waals surface area contributed by atoms with Crippen molar-refractivity contribution in [1.82, 2.24) is 20.9 Å². The molecule has 0 bridgehead atoms. The van der Waals surface area contributed by atoms with Crippen LogP contribution in [0.2, 0.25) is 0 Å². The molecule has 12 nitrogen and oxygen atoms in total. The summed E-state index contributed by atoms with van der Waals surface area (Å²) in [6.45, 7) is 14.0. The summed E-state index contributed by atoms with van der Waals surface area (Å²) in [5, 5.41) is 7.98. The van der Waals surface area contributed by atoms with E-state index in [0.717, 1.165) is 12.8 Å². The molecule has 6 atom stereocenters. The van der Waals surface area contributed by atoms with Crippen LogP contribution in [0.5, 0.6) is 0 Å². The Morgan fingerprint density at radius 1 is 0.930 bits per heavy atom. The third-order valence-electron chi connectivity index (χ3n) is 8.14. The van der Waals surface area contributed by atoms with Crippen LogP contribution in [0.4, 0.5) is 4.79 Å². The standard InChI is InChI=1S/C29H45Cl2N5O7/c1-13(2)43-25(41)21(28(6,7)8)35-26(42)34-20(27(3,4)5)24(40)36-12-15-17(29(15,30)31)18(36)23(39)33-16(11-14-9-10-14)19(37)22(32)38/h13-18,20-21H,9-12H2,1-8H3,(H2,32,38)(H,33,39)(H2,34,35,42)/t15-,16?,17-,18?,20+,21+/m0/s1. The Bertz CT molecular complexity index is 1160. The number of Topliss-reactive ketones (excluding diaryl/α,β-unsaturated/α-hetero) is 1. The average Bonchev–Trinajstić information content (AvgIpc) is 3.70. The van der Waals surface area contributed by atoms with Gasteiger partial charge in [0, 0.05) is 18.4 Å². The second kappa shape index (κ2) is 12.4. The van der Waals surface area contributed by atoms with Crippen LogP contribution in [0.1, 0.15) is 74.7 Å². The van der Waals surface area contributed by atoms with Gasteiger partial charge >= 0.3 is 12.0 Å². The number of piperidine rings is 1. The summed E-state index contributed by atoms with van der Waals surface area (Å²) < 4.78 is 4.08. The largest absolute Gasteiger partial charge is 0.461 e. The number of hydrogen-bond donors (Lipinski definition) is 4. The van der Waals surface area contributed by atoms with Gasteiger partial charge in [0.05, 0.1) is 12.1 Å². The van der Waals surface area contributed by atoms with Gasteiger partial charge in [-0.15, -0.1) is 23.2 Å². The summed E-state index contributed by atoms with van der Waals surface area (Å²) in [5.74, 6) is -4.76. The molecule has 14 heteroatoms. The molecule has 3 aliphatic rings. The molecular weight excluding hydrogens is 601 g/mol. The Hall–Kier alpha value is -2.60. The van der Waals surface area contributed by atoms with Crippen molar-refractivity contribution in [3.63, 3.8) is 0 Å². The molecule has 2 unspecified atom stereocenters. The number of carbonyl (C=O) groups is 6. The molecule has 1 aliphatic heterocycles. The minimum atomic E-state index is -1.25. The number of primary amides is 1. The van der Waals surface area contributed by atoms with Gasteiger partial charge in [0.1, 0.15) is 22.5 Å². The highest BCUT2D eigenvalue weighted by molar-refractivity contribution is 6.51. The number of ketones is 1. The molecule has 1 saturated heterocycles. The lowest BCUT2D eigenvalue weighted by atomic mass is 9.85. The fraction of sp³-hybridized carbons (Fsp3) is 0.793. The Kier molecular flexibility index (Phi) is 10.1. The van der Waals surface area contributed by atoms with Gasteiger partial charge in [-0.3, -0.25) is 19.2 Å². The van der Waals surface area contributed by atoms with Crippen molar-refractivity contribution >= 4 is 58.7 Å². The second-order valence-electron chi connectivity index (χ2n) is 14.4. The van der Waals surface area contributed by atoms with Crippen LogP contribution in [-0.4, -0.2) is 81.6 Å². The van der Waals surface area contributed by atoms with Gasteiger partial charge in [0.15, 0.2) is 0 Å². The van der Waals surface area contributed by atoms with E-state index in [4.69, 9.17) is 33.7 Å². The zero-order chi connectivity index (χ0) is 32.8. The minimum Gasteiger partial charge on any atom is -0.461 e. The Balaban J connectivity index is 1.83. The maximum atomic E-state index is 14.1. The van der Waals surface area contributed by atoms with Crippen molar-refractivity contribution in [3.05, 3.63) is 0 Å². The van der Waals surface area contributed by atoms with Crippen molar-refractivity contribution in [2.24, 2.45) is 34.3 Å². The van der Waals surface area contributed by atoms with Crippen LogP contribution in [0, 0.1) is 28.6 Å². The molecule has 242 valence electrons. The highest BCUT2D eigenvalue weighted by Crippen LogP contribution is 2.65. The van der Waals surface area contributed by atoms with Crippen LogP contribution < -0.4 is 21.7 Å². The van der Waals surface area contributed by atoms with E-state index in [9.17, 15) is 28.8 Å². The highest BCUT2D eigenvalue weighted by Gasteiger charge is 2.74. The maximum Gasteiger partial charge on any atom is 0.329 e. The summed E-state index contributed by atoms with van der Waals surface area (Å²) in [6, 6.07) is -5.18. The van der Waals surface area contributed by atoms with E-state index in [1.807, 2.05) is 0 Å². The number of nitrogens with zero attached hydrogens (tertiary/aromatic N) is 1. The number of amides is 5. The van der Waals surface area contributed by atoms with Crippen molar-refractivity contribution in [3.8, 4) is 0 Å². The lowest BCUT2D eigenvalue weighted by Gasteiger charge is -2.38. The molecule has 2 saturated carbocycles. The van der Waals surface area contributed by atoms with E-state index in [-0.39, 0.29) is 18.9 Å². The summed E-state index contributed by atoms with van der Waals surface area (Å²) in [5.41, 5.74) is 3.70. The number of carbonyl (C=O) groups excluding carboxylic acids is 6. The van der Waals surface area contributed by atoms with E-state index in [1.165, 1.54) is 4.90 Å². The summed E-state index contributed by atoms with van der Waals surface area (Å²) >= 11 is 12.9. The van der Waals surface area contributed by atoms with E-state index in [2.05, 4.69) is 16.0 Å². The lowest BCUT2D eigenvalue weighted by Crippen LogP contribution is -2.63. The molecule has 0 radical (unpaired) electrons. The molecule has 0 aromatic heterocycles. The lowest BCUT2D eigenvalue weighted by molar-refractivity contribution is -0.152. The number of rotatable bonds is 11. The van der Waals surface area contributed by atoms with E-state index in [0.29, 0.717) is 0 Å². The van der Waals surface area contributed by atoms with Crippen LogP contribution in [0.15, 0.2) is 0 Å². The number of likely N-dealkylation sites (tertiary alicyclic amines) is 1. The number of ether oxygens (including phenoxy) is 1. The van der Waals surface area contributed by atoms with E-state index < -0.39 is 92.8 Å². The zero-order valence-corrected chi connectivity index (χ0v) is 27.6. The molecule has 0 aromatic rings. The van der Waals surface area contributed by atoms with Gasteiger partial charge in [0.2, 0.25) is 17.6 Å². The van der Waals surface area contributed by atoms with Gasteiger partial charge in [-0.2, -0.15) is 0 Å². The SMILES string of the molecule is CC(C)OC(=O)[C@@H](NC(=O)N[C@H](C(=O)N1C[C@H]2[C@@H](C1C(=O)NC(CC1CC1)C(=O)C(N)=O)C2(Cl)Cl)C(C)(C)C)C(C)(C)C. The van der Waals surface area contributed by atoms with Gasteiger partial charge in [-0.05, 0) is 37.0 Å². The van der Waals surface area contributed by atoms with Gasteiger partial charge in [-0.1, -0.05) is 54.4 Å². The highest BCUT2D eigenvalue weighted by atomic mass is 35.5. The zero-order valence-electron chi connectivity index (χ0n) is 26.1. The maximum absolute atomic E-state index is 14.1. The molecule has 2 aliphatic carbocycles. The molecule has 3 fully saturated rings. The molecule has 3 rings (SSSR count). The van der Waals surface area contributed by atoms with Crippen LogP contribution in [-0.2, 0) is 28.7 Å². The number of esters is 1. The summed E-state index contributed by atoms with van der Waals surface area (Å²) in [6.07, 6.45) is 1.61. The van der Waals surface area contributed by atoms with Crippen molar-refractivity contribution in [2.45, 2.75) is 109 Å². The number of nitrogens with one attached hydrogen (secondary N) is 3. The third-order valence-corrected chi connectivity index (χ3v) is 9.21. The molecule has 0 aromatic carbocycles. The quantitative estimate of drug-likeness (QED) is 0.151. The Morgan fingerprint density at radius 2 is 1.47 bits per heavy atom. The van der Waals surface area contributed by atoms with E-state index in [1.54, 1.807) is 55.4 Å². The topological polar surface area (TPSA) is 177 Å². The van der Waals surface area contributed by atoms with E-state index >= 15 is 0 Å². The first-order valence-corrected chi connectivity index (χ1v) is 15.4. The number of alkyl halides is 2. The van der Waals surface area contributed by atoms with Crippen molar-refractivity contribution in [2.75, 3.05) is 6.54 Å². The third kappa shape index (κ3) is 8.12. The summed E-state index contributed by atoms with van der Waals surface area (Å²) in [4.78, 5) is 79.3. The van der Waals surface area contributed by atoms with Gasteiger partial charge in [-0.25, -0.2) is 9.59 Å². The molecule has 5 N–H and O–H groups in total. The van der Waals surface area contributed by atoms with Crippen LogP contribution >= 0.6 is 23.2 Å².